The minimum absolute atomic E-state index is 0. The molecular weight excluding hydrogens is 264 g/mol. The number of rotatable bonds is 2. The molecule has 0 saturated heterocycles. The van der Waals surface area contributed by atoms with Gasteiger partial charge in [0.1, 0.15) is 0 Å². The number of hydrogen-bond acceptors (Lipinski definition) is 3. The summed E-state index contributed by atoms with van der Waals surface area (Å²) in [6.45, 7) is 15.3. The van der Waals surface area contributed by atoms with Gasteiger partial charge in [-0.05, 0) is 24.7 Å². The second-order valence-corrected chi connectivity index (χ2v) is 7.09. The summed E-state index contributed by atoms with van der Waals surface area (Å²) in [7, 11) is 0. The van der Waals surface area contributed by atoms with Crippen LogP contribution in [0.5, 0.6) is 0 Å². The van der Waals surface area contributed by atoms with Crippen LogP contribution in [0, 0.1) is 10.8 Å². The average Bonchev–Trinajstić information content (AvgIpc) is 1.98. The monoisotopic (exact) mass is 296 g/mol. The molecule has 0 aromatic heterocycles. The maximum atomic E-state index is 9.76. The Bertz CT molecular complexity index is 171. The van der Waals surface area contributed by atoms with Gasteiger partial charge in [-0.25, -0.2) is 0 Å². The summed E-state index contributed by atoms with van der Waals surface area (Å²) in [6.07, 6.45) is -0.601. The first-order chi connectivity index (χ1) is 7.28. The summed E-state index contributed by atoms with van der Waals surface area (Å²) in [4.78, 5) is 0. The van der Waals surface area contributed by atoms with Crippen molar-refractivity contribution >= 4 is 0 Å². The third-order valence-electron chi connectivity index (χ3n) is 2.45. The van der Waals surface area contributed by atoms with E-state index in [2.05, 4.69) is 0 Å². The second-order valence-electron chi connectivity index (χ2n) is 7.09. The molecule has 0 aliphatic rings. The molecule has 0 aromatic rings. The molecule has 0 saturated carbocycles. The Labute approximate surface area is 128 Å². The molecule has 4 heteroatoms. The van der Waals surface area contributed by atoms with Crippen molar-refractivity contribution in [3.05, 3.63) is 0 Å². The van der Waals surface area contributed by atoms with Gasteiger partial charge in [0.25, 0.3) is 0 Å². The number of aliphatic hydroxyl groups is 3. The van der Waals surface area contributed by atoms with Crippen LogP contribution in [0.15, 0.2) is 0 Å². The summed E-state index contributed by atoms with van der Waals surface area (Å²) in [5.74, 6) is 0. The van der Waals surface area contributed by atoms with Gasteiger partial charge >= 0.3 is 0 Å². The van der Waals surface area contributed by atoms with E-state index in [-0.39, 0.29) is 38.7 Å². The third kappa shape index (κ3) is 14.7. The molecule has 0 aliphatic heterocycles. The molecule has 0 fully saturated rings. The van der Waals surface area contributed by atoms with Gasteiger partial charge in [0, 0.05) is 34.2 Å². The summed E-state index contributed by atoms with van der Waals surface area (Å²) in [5.41, 5.74) is -0.293. The van der Waals surface area contributed by atoms with Crippen molar-refractivity contribution in [2.24, 2.45) is 10.8 Å². The fraction of sp³-hybridized carbons (Fsp3) is 1.00. The quantitative estimate of drug-likeness (QED) is 0.686. The van der Waals surface area contributed by atoms with Crippen molar-refractivity contribution in [2.75, 3.05) is 0 Å². The Balaban J connectivity index is -0.000000392. The van der Waals surface area contributed by atoms with Crippen LogP contribution in [0.25, 0.3) is 0 Å². The second kappa shape index (κ2) is 9.49. The van der Waals surface area contributed by atoms with Crippen LogP contribution in [-0.4, -0.2) is 33.6 Å². The molecular formula is C14H32O3Ti. The fourth-order valence-electron chi connectivity index (χ4n) is 0.919. The largest absolute Gasteiger partial charge is 0.394 e. The molecule has 0 aliphatic carbocycles. The molecule has 0 aromatic carbocycles. The first kappa shape index (κ1) is 23.7. The molecule has 18 heavy (non-hydrogen) atoms. The van der Waals surface area contributed by atoms with Crippen LogP contribution in [0.2, 0.25) is 0 Å². The first-order valence-electron chi connectivity index (χ1n) is 6.32. The molecule has 110 valence electrons. The van der Waals surface area contributed by atoms with Crippen LogP contribution in [0.3, 0.4) is 0 Å². The topological polar surface area (TPSA) is 60.7 Å². The van der Waals surface area contributed by atoms with E-state index in [0.717, 1.165) is 0 Å². The molecule has 2 unspecified atom stereocenters. The van der Waals surface area contributed by atoms with Gasteiger partial charge in [-0.3, -0.25) is 0 Å². The van der Waals surface area contributed by atoms with Crippen molar-refractivity contribution in [1.82, 2.24) is 0 Å². The summed E-state index contributed by atoms with van der Waals surface area (Å²) < 4.78 is 0. The van der Waals surface area contributed by atoms with Crippen molar-refractivity contribution in [2.45, 2.75) is 80.1 Å². The number of aliphatic hydroxyl groups excluding tert-OH is 3. The van der Waals surface area contributed by atoms with E-state index in [0.29, 0.717) is 6.42 Å². The van der Waals surface area contributed by atoms with Crippen LogP contribution in [0.1, 0.15) is 61.8 Å². The maximum absolute atomic E-state index is 9.76. The zero-order valence-electron chi connectivity index (χ0n) is 13.3. The molecule has 3 nitrogen and oxygen atoms in total. The van der Waals surface area contributed by atoms with Crippen LogP contribution in [0.4, 0.5) is 0 Å². The van der Waals surface area contributed by atoms with Gasteiger partial charge in [-0.1, -0.05) is 41.5 Å². The van der Waals surface area contributed by atoms with E-state index in [1.54, 1.807) is 13.8 Å². The Hall–Kier alpha value is 0.594. The number of hydrogen-bond donors (Lipinski definition) is 3. The summed E-state index contributed by atoms with van der Waals surface area (Å²) in [5, 5.41) is 27.6. The summed E-state index contributed by atoms with van der Waals surface area (Å²) in [6, 6.07) is 0. The molecule has 0 spiro atoms. The molecule has 0 radical (unpaired) electrons. The smallest absolute Gasteiger partial charge is 0.0613 e. The SMILES string of the molecule is CC(C)(C)C(O)CC(O)C(C)(C)C.CC(C)O.[Ti]. The van der Waals surface area contributed by atoms with Gasteiger partial charge in [0.2, 0.25) is 0 Å². The standard InChI is InChI=1S/C11H24O2.C3H8O.Ti/c1-10(2,3)8(12)7-9(13)11(4,5)6;1-3(2)4;/h8-9,12-13H,7H2,1-6H3;3-4H,1-2H3;. The Morgan fingerprint density at radius 3 is 1.00 bits per heavy atom. The van der Waals surface area contributed by atoms with E-state index >= 15 is 0 Å². The minimum Gasteiger partial charge on any atom is -0.394 e. The molecule has 3 N–H and O–H groups in total. The van der Waals surface area contributed by atoms with E-state index in [1.165, 1.54) is 0 Å². The predicted octanol–water partition coefficient (Wildman–Crippen LogP) is 2.58. The van der Waals surface area contributed by atoms with Crippen molar-refractivity contribution < 1.29 is 37.0 Å². The van der Waals surface area contributed by atoms with Crippen molar-refractivity contribution in [3.63, 3.8) is 0 Å². The van der Waals surface area contributed by atoms with Gasteiger partial charge in [0.15, 0.2) is 0 Å². The average molecular weight is 296 g/mol. The Morgan fingerprint density at radius 1 is 0.722 bits per heavy atom. The van der Waals surface area contributed by atoms with Crippen LogP contribution < -0.4 is 0 Å². The van der Waals surface area contributed by atoms with Crippen molar-refractivity contribution in [1.29, 1.82) is 0 Å². The third-order valence-corrected chi connectivity index (χ3v) is 2.45. The normalized spacial score (nSPS) is 15.3. The maximum Gasteiger partial charge on any atom is 0.0613 e. The zero-order valence-corrected chi connectivity index (χ0v) is 14.8. The van der Waals surface area contributed by atoms with E-state index < -0.39 is 12.2 Å². The van der Waals surface area contributed by atoms with Gasteiger partial charge < -0.3 is 15.3 Å². The predicted molar refractivity (Wildman–Crippen MR) is 72.9 cm³/mol. The van der Waals surface area contributed by atoms with Crippen LogP contribution >= 0.6 is 0 Å². The fourth-order valence-corrected chi connectivity index (χ4v) is 0.919. The van der Waals surface area contributed by atoms with Gasteiger partial charge in [-0.2, -0.15) is 0 Å². The molecule has 2 atom stereocenters. The van der Waals surface area contributed by atoms with Gasteiger partial charge in [-0.15, -0.1) is 0 Å². The van der Waals surface area contributed by atoms with Gasteiger partial charge in [0.05, 0.1) is 12.2 Å². The minimum atomic E-state index is -0.443. The summed E-state index contributed by atoms with van der Waals surface area (Å²) >= 11 is 0. The Kier molecular flexibility index (Phi) is 12.5. The first-order valence-corrected chi connectivity index (χ1v) is 6.32. The van der Waals surface area contributed by atoms with E-state index in [9.17, 15) is 10.2 Å². The molecule has 0 amide bonds. The Morgan fingerprint density at radius 2 is 0.889 bits per heavy atom. The molecule has 0 bridgehead atoms. The zero-order chi connectivity index (χ0) is 14.4. The van der Waals surface area contributed by atoms with E-state index in [4.69, 9.17) is 5.11 Å². The molecule has 0 heterocycles. The van der Waals surface area contributed by atoms with Crippen molar-refractivity contribution in [3.8, 4) is 0 Å². The molecule has 0 rings (SSSR count). The van der Waals surface area contributed by atoms with E-state index in [1.807, 2.05) is 41.5 Å². The van der Waals surface area contributed by atoms with Crippen LogP contribution in [-0.2, 0) is 21.7 Å².